The van der Waals surface area contributed by atoms with Gasteiger partial charge in [0.2, 0.25) is 0 Å². The number of rotatable bonds is 5. The lowest BCUT2D eigenvalue weighted by Crippen LogP contribution is -2.62. The molecule has 202 valence electrons. The number of carbonyl (C=O) groups excluding carboxylic acids is 3. The summed E-state index contributed by atoms with van der Waals surface area (Å²) >= 11 is 0. The summed E-state index contributed by atoms with van der Waals surface area (Å²) in [4.78, 5) is 40.9. The van der Waals surface area contributed by atoms with E-state index < -0.39 is 30.0 Å². The fourth-order valence-corrected chi connectivity index (χ4v) is 9.48. The van der Waals surface area contributed by atoms with Crippen LogP contribution < -0.4 is 0 Å². The van der Waals surface area contributed by atoms with Crippen LogP contribution in [0.15, 0.2) is 0 Å². The number of carbonyl (C=O) groups is 3. The highest BCUT2D eigenvalue weighted by atomic mass is 16.7. The zero-order valence-corrected chi connectivity index (χ0v) is 21.9. The maximum absolute atomic E-state index is 12.4. The summed E-state index contributed by atoms with van der Waals surface area (Å²) in [5, 5.41) is 33.9. The van der Waals surface area contributed by atoms with Crippen molar-refractivity contribution in [2.45, 2.75) is 110 Å². The lowest BCUT2D eigenvalue weighted by molar-refractivity contribution is -0.207. The summed E-state index contributed by atoms with van der Waals surface area (Å²) in [6, 6.07) is 0. The zero-order valence-electron chi connectivity index (χ0n) is 21.9. The number of nitrogens with zero attached hydrogens (tertiary/aromatic N) is 1. The maximum atomic E-state index is 12.4. The predicted molar refractivity (Wildman–Crippen MR) is 130 cm³/mol. The third-order valence-electron chi connectivity index (χ3n) is 11.5. The van der Waals surface area contributed by atoms with Gasteiger partial charge >= 0.3 is 5.97 Å². The Morgan fingerprint density at radius 3 is 2.42 bits per heavy atom. The van der Waals surface area contributed by atoms with Crippen LogP contribution in [0.5, 0.6) is 0 Å². The third-order valence-corrected chi connectivity index (χ3v) is 11.5. The van der Waals surface area contributed by atoms with E-state index in [1.165, 1.54) is 0 Å². The molecule has 2 amide bonds. The molecule has 0 radical (unpaired) electrons. The predicted octanol–water partition coefficient (Wildman–Crippen LogP) is 2.97. The van der Waals surface area contributed by atoms with Crippen LogP contribution in [-0.2, 0) is 19.2 Å². The average Bonchev–Trinajstić information content (AvgIpc) is 3.34. The number of hydroxylamine groups is 2. The van der Waals surface area contributed by atoms with Crippen LogP contribution >= 0.6 is 0 Å². The summed E-state index contributed by atoms with van der Waals surface area (Å²) in [7, 11) is 0. The molecular weight excluding hydrogens is 462 g/mol. The molecule has 4 aliphatic carbocycles. The first-order valence-electron chi connectivity index (χ1n) is 14.1. The number of imide groups is 1. The van der Waals surface area contributed by atoms with Crippen LogP contribution in [0.25, 0.3) is 0 Å². The molecule has 0 aromatic carbocycles. The van der Waals surface area contributed by atoms with E-state index in [1.807, 2.05) is 0 Å². The van der Waals surface area contributed by atoms with Gasteiger partial charge in [-0.2, -0.15) is 0 Å². The number of hydrogen-bond acceptors (Lipinski definition) is 7. The van der Waals surface area contributed by atoms with Gasteiger partial charge in [-0.3, -0.25) is 9.59 Å². The Balaban J connectivity index is 1.27. The van der Waals surface area contributed by atoms with Crippen molar-refractivity contribution in [3.05, 3.63) is 0 Å². The molecular formula is C28H43NO7. The smallest absolute Gasteiger partial charge is 0.333 e. The van der Waals surface area contributed by atoms with Gasteiger partial charge in [-0.15, -0.1) is 5.06 Å². The highest BCUT2D eigenvalue weighted by molar-refractivity contribution is 6.01. The number of amides is 2. The molecule has 36 heavy (non-hydrogen) atoms. The Bertz CT molecular complexity index is 892. The summed E-state index contributed by atoms with van der Waals surface area (Å²) in [5.41, 5.74) is -0.285. The van der Waals surface area contributed by atoms with Crippen molar-refractivity contribution >= 4 is 17.8 Å². The molecule has 5 rings (SSSR count). The highest BCUT2D eigenvalue weighted by Crippen LogP contribution is 2.68. The Kier molecular flexibility index (Phi) is 6.78. The Morgan fingerprint density at radius 1 is 1.03 bits per heavy atom. The van der Waals surface area contributed by atoms with E-state index in [0.29, 0.717) is 23.8 Å². The highest BCUT2D eigenvalue weighted by Gasteiger charge is 2.65. The second-order valence-electron chi connectivity index (χ2n) is 13.1. The van der Waals surface area contributed by atoms with Crippen molar-refractivity contribution < 1.29 is 34.5 Å². The van der Waals surface area contributed by atoms with E-state index in [1.54, 1.807) is 0 Å². The van der Waals surface area contributed by atoms with Gasteiger partial charge in [-0.05, 0) is 97.7 Å². The molecule has 8 nitrogen and oxygen atoms in total. The first kappa shape index (κ1) is 26.1. The quantitative estimate of drug-likeness (QED) is 0.491. The van der Waals surface area contributed by atoms with Crippen molar-refractivity contribution in [2.75, 3.05) is 0 Å². The monoisotopic (exact) mass is 505 g/mol. The summed E-state index contributed by atoms with van der Waals surface area (Å²) < 4.78 is 0. The van der Waals surface area contributed by atoms with Gasteiger partial charge in [-0.25, -0.2) is 4.79 Å². The summed E-state index contributed by atoms with van der Waals surface area (Å²) in [6.07, 6.45) is 5.50. The Hall–Kier alpha value is -1.51. The average molecular weight is 506 g/mol. The SMILES string of the molecule is CC(CCC(=O)ON1C(=O)CCC1=O)[C@H]1CC[C@H]2[C@@H]3[C@H](O)C[C@@H]4C[C@H](O)CC[C@]4(C)[C@H]3C[C@H](O)[C@]12C. The first-order chi connectivity index (χ1) is 17.0. The largest absolute Gasteiger partial charge is 0.393 e. The number of aliphatic hydroxyl groups is 3. The Morgan fingerprint density at radius 2 is 1.72 bits per heavy atom. The molecule has 0 aromatic heterocycles. The van der Waals surface area contributed by atoms with Crippen LogP contribution in [0.3, 0.4) is 0 Å². The van der Waals surface area contributed by atoms with E-state index in [9.17, 15) is 29.7 Å². The molecule has 0 bridgehead atoms. The molecule has 0 spiro atoms. The van der Waals surface area contributed by atoms with Crippen LogP contribution in [-0.4, -0.2) is 56.5 Å². The van der Waals surface area contributed by atoms with Crippen molar-refractivity contribution in [1.29, 1.82) is 0 Å². The van der Waals surface area contributed by atoms with Gasteiger partial charge in [0, 0.05) is 19.3 Å². The van der Waals surface area contributed by atoms with Crippen LogP contribution in [0.4, 0.5) is 0 Å². The van der Waals surface area contributed by atoms with Crippen molar-refractivity contribution in [1.82, 2.24) is 5.06 Å². The molecule has 4 saturated carbocycles. The molecule has 1 aliphatic heterocycles. The van der Waals surface area contributed by atoms with Crippen LogP contribution in [0, 0.1) is 46.3 Å². The van der Waals surface area contributed by atoms with Gasteiger partial charge in [-0.1, -0.05) is 20.8 Å². The lowest BCUT2D eigenvalue weighted by Gasteiger charge is -2.63. The Labute approximate surface area is 213 Å². The second kappa shape index (κ2) is 9.35. The van der Waals surface area contributed by atoms with Gasteiger partial charge in [0.05, 0.1) is 18.3 Å². The van der Waals surface area contributed by atoms with Crippen molar-refractivity contribution in [3.63, 3.8) is 0 Å². The maximum Gasteiger partial charge on any atom is 0.333 e. The molecule has 8 heteroatoms. The third kappa shape index (κ3) is 4.02. The van der Waals surface area contributed by atoms with E-state index in [4.69, 9.17) is 4.84 Å². The fourth-order valence-electron chi connectivity index (χ4n) is 9.48. The summed E-state index contributed by atoms with van der Waals surface area (Å²) in [6.45, 7) is 6.64. The van der Waals surface area contributed by atoms with Gasteiger partial charge < -0.3 is 20.2 Å². The minimum absolute atomic E-state index is 0.0450. The molecule has 5 fully saturated rings. The van der Waals surface area contributed by atoms with E-state index >= 15 is 0 Å². The van der Waals surface area contributed by atoms with Crippen molar-refractivity contribution in [3.8, 4) is 0 Å². The topological polar surface area (TPSA) is 124 Å². The van der Waals surface area contributed by atoms with Gasteiger partial charge in [0.1, 0.15) is 0 Å². The van der Waals surface area contributed by atoms with E-state index in [2.05, 4.69) is 20.8 Å². The molecule has 1 saturated heterocycles. The lowest BCUT2D eigenvalue weighted by atomic mass is 9.43. The molecule has 1 heterocycles. The minimum atomic E-state index is -0.574. The normalized spacial score (nSPS) is 47.2. The number of aliphatic hydroxyl groups excluding tert-OH is 3. The summed E-state index contributed by atoms with van der Waals surface area (Å²) in [5.74, 6) is -0.213. The molecule has 3 N–H and O–H groups in total. The van der Waals surface area contributed by atoms with E-state index in [-0.39, 0.29) is 65.8 Å². The number of hydrogen-bond donors (Lipinski definition) is 3. The van der Waals surface area contributed by atoms with Crippen LogP contribution in [0.2, 0.25) is 0 Å². The second-order valence-corrected chi connectivity index (χ2v) is 13.1. The molecule has 1 unspecified atom stereocenters. The van der Waals surface area contributed by atoms with Gasteiger partial charge in [0.25, 0.3) is 11.8 Å². The van der Waals surface area contributed by atoms with E-state index in [0.717, 1.165) is 38.5 Å². The minimum Gasteiger partial charge on any atom is -0.393 e. The molecule has 0 aromatic rings. The standard InChI is InChI=1S/C28H43NO7/c1-15(4-9-25(35)36-29-23(33)7-8-24(29)34)18-5-6-19-26-20(14-22(32)28(18,19)3)27(2)11-10-17(30)12-16(27)13-21(26)31/h15-22,26,30-32H,4-14H2,1-3H3/t15?,16-,17+,18+,19-,20-,21+,22-,26-,27-,28+/m0/s1. The first-order valence-corrected chi connectivity index (χ1v) is 14.1. The fraction of sp³-hybridized carbons (Fsp3) is 0.893. The zero-order chi connectivity index (χ0) is 26.0. The van der Waals surface area contributed by atoms with Crippen LogP contribution in [0.1, 0.15) is 91.4 Å². The molecule has 5 aliphatic rings. The van der Waals surface area contributed by atoms with Gasteiger partial charge in [0.15, 0.2) is 0 Å². The number of fused-ring (bicyclic) bond motifs is 5. The molecule has 11 atom stereocenters. The van der Waals surface area contributed by atoms with Crippen molar-refractivity contribution in [2.24, 2.45) is 46.3 Å².